The number of ether oxygens (including phenoxy) is 1. The number of rotatable bonds is 4. The summed E-state index contributed by atoms with van der Waals surface area (Å²) in [5.41, 5.74) is 1.94. The number of pyridine rings is 1. The summed E-state index contributed by atoms with van der Waals surface area (Å²) in [6, 6.07) is 8.78. The van der Waals surface area contributed by atoms with Crippen molar-refractivity contribution in [2.24, 2.45) is 5.92 Å². The maximum atomic E-state index is 12.4. The van der Waals surface area contributed by atoms with Crippen molar-refractivity contribution in [3.05, 3.63) is 47.2 Å². The Bertz CT molecular complexity index is 741. The minimum Gasteiger partial charge on any atom is -0.495 e. The minimum absolute atomic E-state index is 0.292. The van der Waals surface area contributed by atoms with E-state index in [4.69, 9.17) is 16.3 Å². The van der Waals surface area contributed by atoms with Gasteiger partial charge >= 0.3 is 0 Å². The van der Waals surface area contributed by atoms with Gasteiger partial charge in [0.1, 0.15) is 11.4 Å². The zero-order valence-corrected chi connectivity index (χ0v) is 15.2. The van der Waals surface area contributed by atoms with Crippen LogP contribution in [0.5, 0.6) is 5.75 Å². The Kier molecular flexibility index (Phi) is 5.43. The van der Waals surface area contributed by atoms with E-state index in [-0.39, 0.29) is 5.91 Å². The van der Waals surface area contributed by atoms with Crippen LogP contribution in [0.25, 0.3) is 0 Å². The fourth-order valence-electron chi connectivity index (χ4n) is 2.94. The van der Waals surface area contributed by atoms with Gasteiger partial charge in [-0.1, -0.05) is 18.5 Å². The molecule has 1 N–H and O–H groups in total. The van der Waals surface area contributed by atoms with Gasteiger partial charge in [0.15, 0.2) is 0 Å². The average molecular weight is 360 g/mol. The number of nitrogens with one attached hydrogen (secondary N) is 1. The lowest BCUT2D eigenvalue weighted by Gasteiger charge is -2.31. The van der Waals surface area contributed by atoms with Gasteiger partial charge in [-0.05, 0) is 49.1 Å². The Balaban J connectivity index is 1.70. The molecule has 0 bridgehead atoms. The van der Waals surface area contributed by atoms with Crippen molar-refractivity contribution < 1.29 is 9.53 Å². The number of carbonyl (C=O) groups is 1. The van der Waals surface area contributed by atoms with E-state index in [9.17, 15) is 4.79 Å². The van der Waals surface area contributed by atoms with Crippen molar-refractivity contribution in [2.45, 2.75) is 19.8 Å². The second-order valence-corrected chi connectivity index (χ2v) is 6.81. The molecule has 1 aliphatic rings. The Morgan fingerprint density at radius 2 is 2.04 bits per heavy atom. The van der Waals surface area contributed by atoms with Gasteiger partial charge < -0.3 is 15.0 Å². The molecular weight excluding hydrogens is 338 g/mol. The van der Waals surface area contributed by atoms with Crippen molar-refractivity contribution in [1.82, 2.24) is 4.98 Å². The molecule has 1 amide bonds. The van der Waals surface area contributed by atoms with Crippen LogP contribution in [0.2, 0.25) is 5.02 Å². The molecular formula is C19H22ClN3O2. The number of nitrogens with zero attached hydrogens (tertiary/aromatic N) is 2. The topological polar surface area (TPSA) is 54.5 Å². The summed E-state index contributed by atoms with van der Waals surface area (Å²) in [6.45, 7) is 4.36. The van der Waals surface area contributed by atoms with Crippen LogP contribution in [0.4, 0.5) is 11.4 Å². The molecule has 1 aliphatic heterocycles. The largest absolute Gasteiger partial charge is 0.495 e. The Morgan fingerprint density at radius 3 is 2.68 bits per heavy atom. The number of piperidine rings is 1. The summed E-state index contributed by atoms with van der Waals surface area (Å²) in [5, 5.41) is 3.33. The molecule has 1 aromatic heterocycles. The summed E-state index contributed by atoms with van der Waals surface area (Å²) in [6.07, 6.45) is 4.15. The maximum absolute atomic E-state index is 12.4. The van der Waals surface area contributed by atoms with Crippen molar-refractivity contribution in [2.75, 3.05) is 30.4 Å². The molecule has 0 saturated carbocycles. The number of halogens is 1. The van der Waals surface area contributed by atoms with Crippen LogP contribution in [0, 0.1) is 5.92 Å². The van der Waals surface area contributed by atoms with Crippen LogP contribution in [-0.4, -0.2) is 31.1 Å². The Morgan fingerprint density at radius 1 is 1.28 bits per heavy atom. The molecule has 1 saturated heterocycles. The number of carbonyl (C=O) groups excluding carboxylic acids is 1. The van der Waals surface area contributed by atoms with Gasteiger partial charge in [-0.25, -0.2) is 4.98 Å². The summed E-state index contributed by atoms with van der Waals surface area (Å²) in [7, 11) is 1.55. The highest BCUT2D eigenvalue weighted by Crippen LogP contribution is 2.28. The predicted molar refractivity (Wildman–Crippen MR) is 101 cm³/mol. The predicted octanol–water partition coefficient (Wildman–Crippen LogP) is 4.23. The van der Waals surface area contributed by atoms with Gasteiger partial charge in [-0.3, -0.25) is 4.79 Å². The third-order valence-electron chi connectivity index (χ3n) is 4.54. The third kappa shape index (κ3) is 4.23. The number of hydrogen-bond acceptors (Lipinski definition) is 4. The van der Waals surface area contributed by atoms with E-state index in [0.29, 0.717) is 22.2 Å². The lowest BCUT2D eigenvalue weighted by Crippen LogP contribution is -2.32. The minimum atomic E-state index is -0.292. The van der Waals surface area contributed by atoms with Gasteiger partial charge in [0.25, 0.3) is 5.91 Å². The molecule has 25 heavy (non-hydrogen) atoms. The molecule has 2 heterocycles. The number of amides is 1. The summed E-state index contributed by atoms with van der Waals surface area (Å²) < 4.78 is 5.24. The third-order valence-corrected chi connectivity index (χ3v) is 4.77. The van der Waals surface area contributed by atoms with E-state index in [1.54, 1.807) is 37.6 Å². The van der Waals surface area contributed by atoms with Crippen molar-refractivity contribution in [3.63, 3.8) is 0 Å². The van der Waals surface area contributed by atoms with Gasteiger partial charge in [0.05, 0.1) is 24.7 Å². The van der Waals surface area contributed by atoms with Gasteiger partial charge in [-0.15, -0.1) is 0 Å². The van der Waals surface area contributed by atoms with Gasteiger partial charge in [-0.2, -0.15) is 0 Å². The second-order valence-electron chi connectivity index (χ2n) is 6.37. The highest BCUT2D eigenvalue weighted by atomic mass is 35.5. The average Bonchev–Trinajstić information content (AvgIpc) is 2.63. The molecule has 0 aliphatic carbocycles. The van der Waals surface area contributed by atoms with Crippen LogP contribution < -0.4 is 15.0 Å². The second kappa shape index (κ2) is 7.74. The van der Waals surface area contributed by atoms with E-state index in [1.165, 1.54) is 12.8 Å². The smallest absolute Gasteiger partial charge is 0.274 e. The summed E-state index contributed by atoms with van der Waals surface area (Å²) in [4.78, 5) is 19.1. The van der Waals surface area contributed by atoms with E-state index >= 15 is 0 Å². The molecule has 3 rings (SSSR count). The van der Waals surface area contributed by atoms with E-state index < -0.39 is 0 Å². The molecule has 132 valence electrons. The highest BCUT2D eigenvalue weighted by Gasteiger charge is 2.17. The van der Waals surface area contributed by atoms with Crippen LogP contribution in [-0.2, 0) is 0 Å². The van der Waals surface area contributed by atoms with Crippen molar-refractivity contribution in [3.8, 4) is 5.75 Å². The number of aromatic nitrogens is 1. The monoisotopic (exact) mass is 359 g/mol. The molecule has 2 aromatic rings. The van der Waals surface area contributed by atoms with Crippen molar-refractivity contribution in [1.29, 1.82) is 0 Å². The molecule has 1 aromatic carbocycles. The van der Waals surface area contributed by atoms with Crippen LogP contribution in [0.15, 0.2) is 36.5 Å². The molecule has 0 atom stereocenters. The van der Waals surface area contributed by atoms with Crippen molar-refractivity contribution >= 4 is 28.9 Å². The first-order valence-corrected chi connectivity index (χ1v) is 8.80. The Labute approximate surface area is 153 Å². The Hall–Kier alpha value is -2.27. The zero-order valence-electron chi connectivity index (χ0n) is 14.5. The fraction of sp³-hybridized carbons (Fsp3) is 0.368. The maximum Gasteiger partial charge on any atom is 0.274 e. The van der Waals surface area contributed by atoms with Crippen LogP contribution in [0.1, 0.15) is 30.3 Å². The quantitative estimate of drug-likeness (QED) is 0.887. The van der Waals surface area contributed by atoms with Crippen LogP contribution in [0.3, 0.4) is 0 Å². The normalized spacial score (nSPS) is 15.1. The number of benzene rings is 1. The number of hydrogen-bond donors (Lipinski definition) is 1. The first kappa shape index (κ1) is 17.5. The van der Waals surface area contributed by atoms with Crippen LogP contribution >= 0.6 is 11.6 Å². The number of anilines is 2. The first-order valence-electron chi connectivity index (χ1n) is 8.42. The number of methoxy groups -OCH3 is 1. The molecule has 0 radical (unpaired) electrons. The summed E-state index contributed by atoms with van der Waals surface area (Å²) >= 11 is 5.99. The molecule has 1 fully saturated rings. The van der Waals surface area contributed by atoms with E-state index in [1.807, 2.05) is 6.07 Å². The molecule has 6 heteroatoms. The van der Waals surface area contributed by atoms with E-state index in [0.717, 1.165) is 24.7 Å². The molecule has 0 spiro atoms. The standard InChI is InChI=1S/C19H22ClN3O2/c1-13-7-9-23(10-8-13)15-4-5-16(21-12-15)19(24)22-17-11-14(20)3-6-18(17)25-2/h3-6,11-13H,7-10H2,1-2H3,(H,22,24). The molecule has 0 unspecified atom stereocenters. The SMILES string of the molecule is COc1ccc(Cl)cc1NC(=O)c1ccc(N2CCC(C)CC2)cn1. The zero-order chi connectivity index (χ0) is 17.8. The molecule has 5 nitrogen and oxygen atoms in total. The van der Waals surface area contributed by atoms with E-state index in [2.05, 4.69) is 22.1 Å². The fourth-order valence-corrected chi connectivity index (χ4v) is 3.11. The lowest BCUT2D eigenvalue weighted by molar-refractivity contribution is 0.102. The first-order chi connectivity index (χ1) is 12.1. The highest BCUT2D eigenvalue weighted by molar-refractivity contribution is 6.31. The van der Waals surface area contributed by atoms with Gasteiger partial charge in [0.2, 0.25) is 0 Å². The lowest BCUT2D eigenvalue weighted by atomic mass is 9.99. The van der Waals surface area contributed by atoms with Gasteiger partial charge in [0, 0.05) is 18.1 Å². The summed E-state index contributed by atoms with van der Waals surface area (Å²) in [5.74, 6) is 1.04.